The van der Waals surface area contributed by atoms with Crippen molar-refractivity contribution in [3.8, 4) is 0 Å². The summed E-state index contributed by atoms with van der Waals surface area (Å²) < 4.78 is 26.8. The third-order valence-corrected chi connectivity index (χ3v) is 5.27. The summed E-state index contributed by atoms with van der Waals surface area (Å²) in [5, 5.41) is 2.96. The number of carbonyl (C=O) groups excluding carboxylic acids is 1. The van der Waals surface area contributed by atoms with Crippen molar-refractivity contribution in [3.63, 3.8) is 0 Å². The lowest BCUT2D eigenvalue weighted by Crippen LogP contribution is -2.35. The monoisotopic (exact) mass is 329 g/mol. The van der Waals surface area contributed by atoms with Gasteiger partial charge in [-0.2, -0.15) is 0 Å². The van der Waals surface area contributed by atoms with Crippen molar-refractivity contribution < 1.29 is 13.6 Å². The number of halogens is 2. The maximum atomic E-state index is 13.8. The van der Waals surface area contributed by atoms with Gasteiger partial charge in [0, 0.05) is 22.7 Å². The van der Waals surface area contributed by atoms with Crippen LogP contribution in [0.1, 0.15) is 49.0 Å². The van der Waals surface area contributed by atoms with E-state index >= 15 is 0 Å². The third-order valence-electron chi connectivity index (χ3n) is 5.27. The van der Waals surface area contributed by atoms with Crippen LogP contribution in [-0.2, 0) is 6.42 Å². The largest absolute Gasteiger partial charge is 0.353 e. The quantitative estimate of drug-likeness (QED) is 0.786. The molecule has 1 N–H and O–H groups in total. The zero-order chi connectivity index (χ0) is 17.3. The number of hydrogen-bond acceptors (Lipinski definition) is 2. The van der Waals surface area contributed by atoms with Crippen molar-refractivity contribution in [1.29, 1.82) is 0 Å². The average molecular weight is 329 g/mol. The van der Waals surface area contributed by atoms with Crippen LogP contribution in [0.3, 0.4) is 0 Å². The summed E-state index contributed by atoms with van der Waals surface area (Å²) in [4.78, 5) is 12.8. The molecule has 2 aromatic carbocycles. The van der Waals surface area contributed by atoms with Gasteiger partial charge in [-0.1, -0.05) is 13.8 Å². The number of benzene rings is 2. The van der Waals surface area contributed by atoms with Crippen LogP contribution in [0.25, 0.3) is 0 Å². The van der Waals surface area contributed by atoms with Crippen LogP contribution in [0.4, 0.5) is 20.2 Å². The zero-order valence-corrected chi connectivity index (χ0v) is 14.0. The van der Waals surface area contributed by atoms with E-state index in [0.717, 1.165) is 42.9 Å². The van der Waals surface area contributed by atoms with Gasteiger partial charge < -0.3 is 5.32 Å². The van der Waals surface area contributed by atoms with E-state index < -0.39 is 11.6 Å². The van der Waals surface area contributed by atoms with Crippen molar-refractivity contribution in [2.75, 3.05) is 5.32 Å². The number of rotatable bonds is 4. The van der Waals surface area contributed by atoms with Gasteiger partial charge in [0.25, 0.3) is 0 Å². The van der Waals surface area contributed by atoms with Gasteiger partial charge in [-0.25, -0.2) is 8.78 Å². The molecule has 3 rings (SSSR count). The first-order valence-electron chi connectivity index (χ1n) is 8.39. The molecule has 2 nitrogen and oxygen atoms in total. The molecular formula is C20H21F2NO. The fourth-order valence-corrected chi connectivity index (χ4v) is 3.54. The number of carbonyl (C=O) groups is 1. The second-order valence-electron chi connectivity index (χ2n) is 6.44. The maximum Gasteiger partial charge on any atom is 0.169 e. The molecule has 0 aromatic heterocycles. The number of nitrogens with one attached hydrogen (secondary N) is 1. The Hall–Kier alpha value is -2.23. The van der Waals surface area contributed by atoms with Crippen molar-refractivity contribution in [3.05, 3.63) is 59.2 Å². The van der Waals surface area contributed by atoms with Gasteiger partial charge in [0.1, 0.15) is 11.6 Å². The Bertz CT molecular complexity index is 781. The average Bonchev–Trinajstić information content (AvgIpc) is 2.58. The van der Waals surface area contributed by atoms with E-state index in [0.29, 0.717) is 5.69 Å². The summed E-state index contributed by atoms with van der Waals surface area (Å²) in [5.74, 6) is -1.03. The predicted molar refractivity (Wildman–Crippen MR) is 91.7 cm³/mol. The highest BCUT2D eigenvalue weighted by Gasteiger charge is 2.39. The molecule has 0 amide bonds. The minimum absolute atomic E-state index is 0.216. The third kappa shape index (κ3) is 2.81. The minimum Gasteiger partial charge on any atom is -0.353 e. The molecular weight excluding hydrogens is 308 g/mol. The molecule has 1 aliphatic rings. The lowest BCUT2D eigenvalue weighted by atomic mass is 9.67. The van der Waals surface area contributed by atoms with E-state index in [9.17, 15) is 13.6 Å². The molecule has 1 aliphatic carbocycles. The van der Waals surface area contributed by atoms with Gasteiger partial charge in [0.15, 0.2) is 5.78 Å². The van der Waals surface area contributed by atoms with Gasteiger partial charge in [0.2, 0.25) is 0 Å². The van der Waals surface area contributed by atoms with E-state index in [1.54, 1.807) is 6.07 Å². The summed E-state index contributed by atoms with van der Waals surface area (Å²) in [6.45, 7) is 4.14. The first-order chi connectivity index (χ1) is 11.5. The number of Topliss-reactive ketones (excluding diaryl/α,β-unsaturated/α-hetero) is 1. The fourth-order valence-electron chi connectivity index (χ4n) is 3.54. The molecule has 0 spiro atoms. The molecule has 0 radical (unpaired) electrons. The van der Waals surface area contributed by atoms with Crippen LogP contribution in [0.2, 0.25) is 0 Å². The molecule has 0 saturated carbocycles. The molecule has 0 fully saturated rings. The van der Waals surface area contributed by atoms with Crippen molar-refractivity contribution in [2.24, 2.45) is 5.41 Å². The second kappa shape index (κ2) is 6.34. The van der Waals surface area contributed by atoms with Crippen molar-refractivity contribution >= 4 is 17.2 Å². The van der Waals surface area contributed by atoms with Crippen LogP contribution in [0.5, 0.6) is 0 Å². The van der Waals surface area contributed by atoms with E-state index in [-0.39, 0.29) is 16.9 Å². The Morgan fingerprint density at radius 3 is 2.50 bits per heavy atom. The lowest BCUT2D eigenvalue weighted by molar-refractivity contribution is 0.0738. The topological polar surface area (TPSA) is 29.1 Å². The van der Waals surface area contributed by atoms with E-state index in [2.05, 4.69) is 19.2 Å². The normalized spacial score (nSPS) is 15.9. The minimum atomic E-state index is -0.639. The van der Waals surface area contributed by atoms with E-state index in [1.165, 1.54) is 12.1 Å². The summed E-state index contributed by atoms with van der Waals surface area (Å²) in [6, 6.07) is 8.92. The van der Waals surface area contributed by atoms with Crippen LogP contribution in [-0.4, -0.2) is 5.78 Å². The molecule has 0 atom stereocenters. The van der Waals surface area contributed by atoms with Gasteiger partial charge in [0.05, 0.1) is 5.69 Å². The summed E-state index contributed by atoms with van der Waals surface area (Å²) in [5.41, 5.74) is 2.44. The van der Waals surface area contributed by atoms with Crippen LogP contribution < -0.4 is 5.32 Å². The Balaban J connectivity index is 1.89. The molecule has 0 bridgehead atoms. The Morgan fingerprint density at radius 1 is 1.08 bits per heavy atom. The van der Waals surface area contributed by atoms with Gasteiger partial charge >= 0.3 is 0 Å². The highest BCUT2D eigenvalue weighted by Crippen LogP contribution is 2.41. The molecule has 24 heavy (non-hydrogen) atoms. The first-order valence-corrected chi connectivity index (χ1v) is 8.39. The van der Waals surface area contributed by atoms with E-state index in [1.807, 2.05) is 12.1 Å². The number of hydrogen-bond donors (Lipinski definition) is 1. The Morgan fingerprint density at radius 2 is 1.83 bits per heavy atom. The van der Waals surface area contributed by atoms with Crippen LogP contribution in [0.15, 0.2) is 36.4 Å². The smallest absolute Gasteiger partial charge is 0.169 e. The van der Waals surface area contributed by atoms with Crippen molar-refractivity contribution in [2.45, 2.75) is 39.5 Å². The van der Waals surface area contributed by atoms with Gasteiger partial charge in [-0.05, 0) is 61.6 Å². The summed E-state index contributed by atoms with van der Waals surface area (Å²) >= 11 is 0. The van der Waals surface area contributed by atoms with Crippen LogP contribution >= 0.6 is 0 Å². The van der Waals surface area contributed by atoms with Gasteiger partial charge in [-0.15, -0.1) is 0 Å². The predicted octanol–water partition coefficient (Wildman–Crippen LogP) is 5.64. The zero-order valence-electron chi connectivity index (χ0n) is 14.0. The fraction of sp³-hybridized carbons (Fsp3) is 0.350. The van der Waals surface area contributed by atoms with Crippen molar-refractivity contribution in [1.82, 2.24) is 0 Å². The summed E-state index contributed by atoms with van der Waals surface area (Å²) in [7, 11) is 0. The lowest BCUT2D eigenvalue weighted by Gasteiger charge is -2.35. The number of ketones is 1. The number of anilines is 2. The van der Waals surface area contributed by atoms with E-state index in [4.69, 9.17) is 0 Å². The molecule has 0 unspecified atom stereocenters. The summed E-state index contributed by atoms with van der Waals surface area (Å²) in [6.07, 6.45) is 3.38. The highest BCUT2D eigenvalue weighted by molar-refractivity contribution is 6.03. The SMILES string of the molecule is CCC1(CC)CCc2cc(Nc3ccc(F)cc3F)ccc2C1=O. The number of aryl methyl sites for hydroxylation is 1. The Kier molecular flexibility index (Phi) is 4.39. The van der Waals surface area contributed by atoms with Crippen LogP contribution in [0, 0.1) is 17.0 Å². The molecule has 2 aromatic rings. The molecule has 0 saturated heterocycles. The molecule has 0 heterocycles. The standard InChI is InChI=1S/C20H21F2NO/c1-3-20(4-2)10-9-13-11-15(6-7-16(13)19(20)24)23-18-8-5-14(21)12-17(18)22/h5-8,11-12,23H,3-4,9-10H2,1-2H3. The molecule has 4 heteroatoms. The highest BCUT2D eigenvalue weighted by atomic mass is 19.1. The maximum absolute atomic E-state index is 13.8. The van der Waals surface area contributed by atoms with Gasteiger partial charge in [-0.3, -0.25) is 4.79 Å². The molecule has 126 valence electrons. The second-order valence-corrected chi connectivity index (χ2v) is 6.44. The first kappa shape index (κ1) is 16.6. The number of fused-ring (bicyclic) bond motifs is 1. The Labute approximate surface area is 140 Å². The molecule has 0 aliphatic heterocycles.